The number of methoxy groups -OCH3 is 2. The normalized spacial score (nSPS) is 15.4. The second kappa shape index (κ2) is 8.07. The highest BCUT2D eigenvalue weighted by molar-refractivity contribution is 6.45. The quantitative estimate of drug-likeness (QED) is 0.563. The molecule has 146 valence electrons. The highest BCUT2D eigenvalue weighted by Crippen LogP contribution is 2.29. The van der Waals surface area contributed by atoms with Gasteiger partial charge in [0.25, 0.3) is 0 Å². The topological polar surface area (TPSA) is 105 Å². The van der Waals surface area contributed by atoms with Crippen LogP contribution in [0.1, 0.15) is 32.4 Å². The van der Waals surface area contributed by atoms with Gasteiger partial charge >= 0.3 is 17.8 Å². The van der Waals surface area contributed by atoms with Crippen LogP contribution in [0.15, 0.2) is 18.2 Å². The van der Waals surface area contributed by atoms with Crippen LogP contribution in [0.25, 0.3) is 0 Å². The first-order valence-corrected chi connectivity index (χ1v) is 8.41. The average Bonchev–Trinajstić information content (AvgIpc) is 2.84. The minimum atomic E-state index is -1.00. The van der Waals surface area contributed by atoms with Gasteiger partial charge in [0.2, 0.25) is 5.91 Å². The lowest BCUT2D eigenvalue weighted by atomic mass is 10.1. The molecule has 1 N–H and O–H groups in total. The summed E-state index contributed by atoms with van der Waals surface area (Å²) in [6, 6.07) is 3.42. The Bertz CT molecular complexity index is 776. The largest absolute Gasteiger partial charge is 0.497 e. The maximum atomic E-state index is 12.4. The Balaban J connectivity index is 2.11. The zero-order valence-corrected chi connectivity index (χ0v) is 15.9. The van der Waals surface area contributed by atoms with E-state index in [1.165, 1.54) is 14.2 Å². The fourth-order valence-corrected chi connectivity index (χ4v) is 2.80. The van der Waals surface area contributed by atoms with Crippen LogP contribution < -0.4 is 14.8 Å². The molecule has 0 unspecified atom stereocenters. The fourth-order valence-electron chi connectivity index (χ4n) is 2.80. The molecule has 1 atom stereocenters. The van der Waals surface area contributed by atoms with Crippen molar-refractivity contribution in [2.24, 2.45) is 0 Å². The van der Waals surface area contributed by atoms with E-state index >= 15 is 0 Å². The zero-order valence-electron chi connectivity index (χ0n) is 15.9. The van der Waals surface area contributed by atoms with Crippen LogP contribution >= 0.6 is 0 Å². The zero-order chi connectivity index (χ0) is 20.3. The van der Waals surface area contributed by atoms with Crippen LogP contribution in [0.5, 0.6) is 11.5 Å². The first-order valence-electron chi connectivity index (χ1n) is 8.41. The summed E-state index contributed by atoms with van der Waals surface area (Å²) in [7, 11) is 3.03. The van der Waals surface area contributed by atoms with Gasteiger partial charge in [0.05, 0.1) is 20.3 Å². The van der Waals surface area contributed by atoms with Gasteiger partial charge in [-0.05, 0) is 39.0 Å². The van der Waals surface area contributed by atoms with Crippen molar-refractivity contribution in [1.82, 2.24) is 15.1 Å². The molecule has 5 amide bonds. The van der Waals surface area contributed by atoms with Crippen molar-refractivity contribution in [3.05, 3.63) is 23.8 Å². The smallest absolute Gasteiger partial charge is 0.334 e. The molecule has 1 saturated heterocycles. The number of carbonyl (C=O) groups excluding carboxylic acids is 4. The Morgan fingerprint density at radius 2 is 1.74 bits per heavy atom. The van der Waals surface area contributed by atoms with Crippen molar-refractivity contribution < 1.29 is 28.7 Å². The summed E-state index contributed by atoms with van der Waals surface area (Å²) in [6.45, 7) is 4.42. The summed E-state index contributed by atoms with van der Waals surface area (Å²) >= 11 is 0. The second-order valence-electron chi connectivity index (χ2n) is 6.34. The van der Waals surface area contributed by atoms with Crippen molar-refractivity contribution in [3.63, 3.8) is 0 Å². The lowest BCUT2D eigenvalue weighted by molar-refractivity contribution is -0.144. The van der Waals surface area contributed by atoms with Crippen LogP contribution in [-0.2, 0) is 14.4 Å². The van der Waals surface area contributed by atoms with Gasteiger partial charge in [-0.3, -0.25) is 19.3 Å². The molecule has 1 aromatic rings. The van der Waals surface area contributed by atoms with E-state index in [4.69, 9.17) is 9.47 Å². The lowest BCUT2D eigenvalue weighted by Crippen LogP contribution is -2.43. The summed E-state index contributed by atoms with van der Waals surface area (Å²) in [4.78, 5) is 50.0. The predicted octanol–water partition coefficient (Wildman–Crippen LogP) is 1.08. The highest BCUT2D eigenvalue weighted by Gasteiger charge is 2.46. The monoisotopic (exact) mass is 377 g/mol. The molecule has 9 heteroatoms. The van der Waals surface area contributed by atoms with Crippen molar-refractivity contribution in [2.45, 2.75) is 32.9 Å². The van der Waals surface area contributed by atoms with Gasteiger partial charge in [-0.25, -0.2) is 9.69 Å². The Kier molecular flexibility index (Phi) is 6.04. The van der Waals surface area contributed by atoms with E-state index in [1.54, 1.807) is 39.0 Å². The van der Waals surface area contributed by atoms with E-state index in [0.717, 1.165) is 4.90 Å². The number of hydrogen-bond donors (Lipinski definition) is 1. The number of benzene rings is 1. The highest BCUT2D eigenvalue weighted by atomic mass is 16.5. The summed E-state index contributed by atoms with van der Waals surface area (Å²) in [5, 5.41) is 2.70. The molecular weight excluding hydrogens is 354 g/mol. The molecule has 9 nitrogen and oxygen atoms in total. The van der Waals surface area contributed by atoms with Crippen molar-refractivity contribution in [3.8, 4) is 11.5 Å². The van der Waals surface area contributed by atoms with Gasteiger partial charge in [-0.2, -0.15) is 0 Å². The van der Waals surface area contributed by atoms with E-state index in [0.29, 0.717) is 22.0 Å². The number of carbonyl (C=O) groups is 4. The van der Waals surface area contributed by atoms with E-state index in [9.17, 15) is 19.2 Å². The van der Waals surface area contributed by atoms with E-state index in [1.807, 2.05) is 0 Å². The van der Waals surface area contributed by atoms with Gasteiger partial charge in [-0.1, -0.05) is 0 Å². The van der Waals surface area contributed by atoms with Gasteiger partial charge in [0, 0.05) is 11.6 Å². The molecule has 27 heavy (non-hydrogen) atoms. The Morgan fingerprint density at radius 1 is 1.07 bits per heavy atom. The summed E-state index contributed by atoms with van der Waals surface area (Å²) in [6.07, 6.45) is 0. The maximum absolute atomic E-state index is 12.4. The molecule has 1 fully saturated rings. The number of imide groups is 2. The number of ether oxygens (including phenoxy) is 2. The number of nitrogens with zero attached hydrogens (tertiary/aromatic N) is 2. The van der Waals surface area contributed by atoms with Crippen molar-refractivity contribution in [1.29, 1.82) is 0 Å². The second-order valence-corrected chi connectivity index (χ2v) is 6.34. The average molecular weight is 377 g/mol. The number of nitrogens with one attached hydrogen (secondary N) is 1. The van der Waals surface area contributed by atoms with Crippen LogP contribution in [0.3, 0.4) is 0 Å². The van der Waals surface area contributed by atoms with Gasteiger partial charge in [-0.15, -0.1) is 0 Å². The summed E-state index contributed by atoms with van der Waals surface area (Å²) < 4.78 is 10.5. The van der Waals surface area contributed by atoms with Crippen molar-refractivity contribution >= 4 is 23.8 Å². The molecule has 1 aliphatic rings. The predicted molar refractivity (Wildman–Crippen MR) is 95.2 cm³/mol. The van der Waals surface area contributed by atoms with Crippen LogP contribution in [0.4, 0.5) is 4.79 Å². The summed E-state index contributed by atoms with van der Waals surface area (Å²) in [5.41, 5.74) is 0.671. The number of urea groups is 1. The Hall–Kier alpha value is -3.10. The van der Waals surface area contributed by atoms with E-state index in [-0.39, 0.29) is 0 Å². The molecule has 0 spiro atoms. The molecule has 0 saturated carbocycles. The number of hydrogen-bond acceptors (Lipinski definition) is 6. The van der Waals surface area contributed by atoms with Crippen molar-refractivity contribution in [2.75, 3.05) is 20.8 Å². The molecule has 0 aromatic heterocycles. The van der Waals surface area contributed by atoms with Gasteiger partial charge < -0.3 is 14.8 Å². The minimum absolute atomic E-state index is 0.470. The first kappa shape index (κ1) is 20.2. The lowest BCUT2D eigenvalue weighted by Gasteiger charge is -2.20. The summed E-state index contributed by atoms with van der Waals surface area (Å²) in [5.74, 6) is -1.36. The molecule has 1 aromatic carbocycles. The first-order chi connectivity index (χ1) is 12.7. The molecule has 1 aliphatic heterocycles. The van der Waals surface area contributed by atoms with E-state index in [2.05, 4.69) is 5.32 Å². The molecule has 0 bridgehead atoms. The molecule has 1 heterocycles. The van der Waals surface area contributed by atoms with Crippen LogP contribution in [-0.4, -0.2) is 60.4 Å². The standard InChI is InChI=1S/C18H23N3O6/c1-10(2)21-17(24)16(23)20(18(21)25)9-15(22)19-11(3)13-8-12(26-4)6-7-14(13)27-5/h6-8,10-11H,9H2,1-5H3,(H,19,22)/t11-/m1/s1. The van der Waals surface area contributed by atoms with Gasteiger partial charge in [0.15, 0.2) is 0 Å². The molecule has 2 rings (SSSR count). The fraction of sp³-hybridized carbons (Fsp3) is 0.444. The third-order valence-corrected chi connectivity index (χ3v) is 4.18. The third kappa shape index (κ3) is 4.02. The van der Waals surface area contributed by atoms with Gasteiger partial charge in [0.1, 0.15) is 18.0 Å². The minimum Gasteiger partial charge on any atom is -0.497 e. The Morgan fingerprint density at radius 3 is 2.26 bits per heavy atom. The number of rotatable bonds is 7. The molecule has 0 aliphatic carbocycles. The van der Waals surface area contributed by atoms with Crippen LogP contribution in [0, 0.1) is 0 Å². The SMILES string of the molecule is COc1ccc(OC)c([C@@H](C)NC(=O)CN2C(=O)C(=O)N(C(C)C)C2=O)c1. The maximum Gasteiger partial charge on any atom is 0.334 e. The Labute approximate surface area is 157 Å². The molecule has 0 radical (unpaired) electrons. The van der Waals surface area contributed by atoms with Crippen LogP contribution in [0.2, 0.25) is 0 Å². The molecular formula is C18H23N3O6. The van der Waals surface area contributed by atoms with E-state index < -0.39 is 42.4 Å². The number of amides is 5. The third-order valence-electron chi connectivity index (χ3n) is 4.18.